The standard InChI is InChI=1S/C17H22N2O6/c1-5-12(17(21)24-6-2)18-13-9-11(19(22)23)7-8-14(13)25-15(10(3)4)16(18)20/h7-10,12,15H,5-6H2,1-4H3. The smallest absolute Gasteiger partial charge is 0.329 e. The van der Waals surface area contributed by atoms with Gasteiger partial charge in [0.1, 0.15) is 11.8 Å². The van der Waals surface area contributed by atoms with E-state index >= 15 is 0 Å². The molecule has 0 aromatic heterocycles. The van der Waals surface area contributed by atoms with Gasteiger partial charge in [0, 0.05) is 12.1 Å². The Morgan fingerprint density at radius 1 is 1.40 bits per heavy atom. The fourth-order valence-corrected chi connectivity index (χ4v) is 2.79. The summed E-state index contributed by atoms with van der Waals surface area (Å²) in [6.07, 6.45) is -0.449. The zero-order valence-corrected chi connectivity index (χ0v) is 14.7. The van der Waals surface area contributed by atoms with Crippen LogP contribution in [-0.2, 0) is 14.3 Å². The van der Waals surface area contributed by atoms with Gasteiger partial charge in [0.2, 0.25) is 0 Å². The lowest BCUT2D eigenvalue weighted by Gasteiger charge is -2.38. The molecule has 1 aliphatic heterocycles. The van der Waals surface area contributed by atoms with E-state index in [4.69, 9.17) is 9.47 Å². The first-order valence-electron chi connectivity index (χ1n) is 8.26. The topological polar surface area (TPSA) is 99.0 Å². The largest absolute Gasteiger partial charge is 0.478 e. The second kappa shape index (κ2) is 7.50. The number of nitro groups is 1. The highest BCUT2D eigenvalue weighted by Crippen LogP contribution is 2.40. The maximum absolute atomic E-state index is 12.9. The SMILES string of the molecule is CCOC(=O)C(CC)N1C(=O)C(C(C)C)Oc2ccc([N+](=O)[O-])cc21. The van der Waals surface area contributed by atoms with Crippen molar-refractivity contribution in [1.82, 2.24) is 0 Å². The first-order chi connectivity index (χ1) is 11.8. The summed E-state index contributed by atoms with van der Waals surface area (Å²) in [5.74, 6) is -0.729. The van der Waals surface area contributed by atoms with Crippen molar-refractivity contribution >= 4 is 23.3 Å². The number of non-ortho nitro benzene ring substituents is 1. The molecule has 0 saturated carbocycles. The molecule has 2 rings (SSSR count). The van der Waals surface area contributed by atoms with Gasteiger partial charge in [0.05, 0.1) is 17.2 Å². The number of amides is 1. The molecule has 0 radical (unpaired) electrons. The molecule has 0 N–H and O–H groups in total. The minimum atomic E-state index is -0.863. The number of benzene rings is 1. The summed E-state index contributed by atoms with van der Waals surface area (Å²) >= 11 is 0. The molecular formula is C17H22N2O6. The molecule has 1 amide bonds. The van der Waals surface area contributed by atoms with Gasteiger partial charge in [-0.3, -0.25) is 19.8 Å². The van der Waals surface area contributed by atoms with Crippen molar-refractivity contribution in [2.24, 2.45) is 5.92 Å². The number of fused-ring (bicyclic) bond motifs is 1. The van der Waals surface area contributed by atoms with Crippen LogP contribution >= 0.6 is 0 Å². The first kappa shape index (κ1) is 18.7. The highest BCUT2D eigenvalue weighted by molar-refractivity contribution is 6.05. The number of anilines is 1. The number of nitrogens with zero attached hydrogens (tertiary/aromatic N) is 2. The number of ether oxygens (including phenoxy) is 2. The zero-order valence-electron chi connectivity index (χ0n) is 14.7. The van der Waals surface area contributed by atoms with Crippen LogP contribution in [-0.4, -0.2) is 35.6 Å². The lowest BCUT2D eigenvalue weighted by Crippen LogP contribution is -2.55. The molecule has 2 atom stereocenters. The van der Waals surface area contributed by atoms with Gasteiger partial charge in [-0.2, -0.15) is 0 Å². The van der Waals surface area contributed by atoms with E-state index in [2.05, 4.69) is 0 Å². The minimum absolute atomic E-state index is 0.127. The fourth-order valence-electron chi connectivity index (χ4n) is 2.79. The summed E-state index contributed by atoms with van der Waals surface area (Å²) in [6.45, 7) is 7.29. The van der Waals surface area contributed by atoms with Crippen molar-refractivity contribution in [3.8, 4) is 5.75 Å². The van der Waals surface area contributed by atoms with E-state index in [1.807, 2.05) is 13.8 Å². The third-order valence-corrected chi connectivity index (χ3v) is 4.01. The van der Waals surface area contributed by atoms with Crippen LogP contribution in [0.15, 0.2) is 18.2 Å². The van der Waals surface area contributed by atoms with E-state index in [-0.39, 0.29) is 23.9 Å². The Labute approximate surface area is 145 Å². The number of hydrogen-bond donors (Lipinski definition) is 0. The van der Waals surface area contributed by atoms with Crippen LogP contribution in [0.3, 0.4) is 0 Å². The average molecular weight is 350 g/mol. The molecule has 0 saturated heterocycles. The van der Waals surface area contributed by atoms with Crippen molar-refractivity contribution < 1.29 is 24.0 Å². The molecule has 8 nitrogen and oxygen atoms in total. The normalized spacial score (nSPS) is 17.7. The highest BCUT2D eigenvalue weighted by Gasteiger charge is 2.42. The van der Waals surface area contributed by atoms with Crippen molar-refractivity contribution in [1.29, 1.82) is 0 Å². The van der Waals surface area contributed by atoms with Gasteiger partial charge in [-0.05, 0) is 25.3 Å². The number of rotatable bonds is 6. The molecule has 25 heavy (non-hydrogen) atoms. The molecule has 8 heteroatoms. The molecule has 2 unspecified atom stereocenters. The Balaban J connectivity index is 2.58. The summed E-state index contributed by atoms with van der Waals surface area (Å²) in [7, 11) is 0. The Hall–Kier alpha value is -2.64. The second-order valence-corrected chi connectivity index (χ2v) is 6.08. The number of esters is 1. The van der Waals surface area contributed by atoms with Gasteiger partial charge in [0.25, 0.3) is 11.6 Å². The highest BCUT2D eigenvalue weighted by atomic mass is 16.6. The summed E-state index contributed by atoms with van der Waals surface area (Å²) in [5, 5.41) is 11.1. The average Bonchev–Trinajstić information content (AvgIpc) is 2.56. The van der Waals surface area contributed by atoms with Crippen LogP contribution in [0, 0.1) is 16.0 Å². The molecule has 0 fully saturated rings. The third-order valence-electron chi connectivity index (χ3n) is 4.01. The van der Waals surface area contributed by atoms with Gasteiger partial charge >= 0.3 is 5.97 Å². The van der Waals surface area contributed by atoms with Crippen LogP contribution < -0.4 is 9.64 Å². The summed E-state index contributed by atoms with van der Waals surface area (Å²) in [5.41, 5.74) is 0.0397. The van der Waals surface area contributed by atoms with Crippen LogP contribution in [0.4, 0.5) is 11.4 Å². The van der Waals surface area contributed by atoms with Gasteiger partial charge in [-0.1, -0.05) is 20.8 Å². The number of carbonyl (C=O) groups excluding carboxylic acids is 2. The molecule has 0 spiro atoms. The van der Waals surface area contributed by atoms with Gasteiger partial charge in [-0.25, -0.2) is 4.79 Å². The monoisotopic (exact) mass is 350 g/mol. The molecule has 1 aliphatic rings. The summed E-state index contributed by atoms with van der Waals surface area (Å²) in [6, 6.07) is 3.17. The van der Waals surface area contributed by atoms with E-state index in [9.17, 15) is 19.7 Å². The van der Waals surface area contributed by atoms with Crippen molar-refractivity contribution in [2.45, 2.75) is 46.3 Å². The predicted molar refractivity (Wildman–Crippen MR) is 90.5 cm³/mol. The first-order valence-corrected chi connectivity index (χ1v) is 8.26. The molecule has 1 aromatic carbocycles. The van der Waals surface area contributed by atoms with Gasteiger partial charge < -0.3 is 9.47 Å². The number of nitro benzene ring substituents is 1. The Kier molecular flexibility index (Phi) is 5.61. The maximum atomic E-state index is 12.9. The zero-order chi connectivity index (χ0) is 18.7. The van der Waals surface area contributed by atoms with E-state index in [0.29, 0.717) is 12.2 Å². The quantitative estimate of drug-likeness (QED) is 0.444. The van der Waals surface area contributed by atoms with Crippen molar-refractivity contribution in [2.75, 3.05) is 11.5 Å². The van der Waals surface area contributed by atoms with E-state index < -0.39 is 28.9 Å². The second-order valence-electron chi connectivity index (χ2n) is 6.08. The minimum Gasteiger partial charge on any atom is -0.478 e. The Morgan fingerprint density at radius 3 is 2.60 bits per heavy atom. The van der Waals surface area contributed by atoms with Crippen LogP contribution in [0.2, 0.25) is 0 Å². The lowest BCUT2D eigenvalue weighted by molar-refractivity contribution is -0.384. The third kappa shape index (κ3) is 3.57. The van der Waals surface area contributed by atoms with Crippen molar-refractivity contribution in [3.05, 3.63) is 28.3 Å². The van der Waals surface area contributed by atoms with Crippen LogP contribution in [0.1, 0.15) is 34.1 Å². The molecule has 0 bridgehead atoms. The predicted octanol–water partition coefficient (Wildman–Crippen LogP) is 2.69. The van der Waals surface area contributed by atoms with Gasteiger partial charge in [0.15, 0.2) is 6.10 Å². The van der Waals surface area contributed by atoms with E-state index in [1.165, 1.54) is 23.1 Å². The molecule has 0 aliphatic carbocycles. The summed E-state index contributed by atoms with van der Waals surface area (Å²) in [4.78, 5) is 37.1. The fraction of sp³-hybridized carbons (Fsp3) is 0.529. The van der Waals surface area contributed by atoms with Gasteiger partial charge in [-0.15, -0.1) is 0 Å². The van der Waals surface area contributed by atoms with Crippen molar-refractivity contribution in [3.63, 3.8) is 0 Å². The summed E-state index contributed by atoms with van der Waals surface area (Å²) < 4.78 is 10.8. The Bertz CT molecular complexity index is 688. The molecule has 136 valence electrons. The van der Waals surface area contributed by atoms with E-state index in [0.717, 1.165) is 0 Å². The van der Waals surface area contributed by atoms with E-state index in [1.54, 1.807) is 13.8 Å². The van der Waals surface area contributed by atoms with Crippen LogP contribution in [0.25, 0.3) is 0 Å². The lowest BCUT2D eigenvalue weighted by atomic mass is 10.0. The number of hydrogen-bond acceptors (Lipinski definition) is 6. The molecule has 1 aromatic rings. The maximum Gasteiger partial charge on any atom is 0.329 e. The number of carbonyl (C=O) groups is 2. The molecular weight excluding hydrogens is 328 g/mol. The Morgan fingerprint density at radius 2 is 2.08 bits per heavy atom. The molecule has 1 heterocycles. The van der Waals surface area contributed by atoms with Crippen LogP contribution in [0.5, 0.6) is 5.75 Å².